The Morgan fingerprint density at radius 2 is 1.05 bits per heavy atom. The SMILES string of the molecule is CCCCCCCCCCCCCCC/C=C/C(O)C(CO)NC(=O)CC(O)CCCCCCCCCCC. The molecule has 39 heavy (non-hydrogen) atoms. The summed E-state index contributed by atoms with van der Waals surface area (Å²) in [5, 5.41) is 32.9. The summed E-state index contributed by atoms with van der Waals surface area (Å²) in [6.07, 6.45) is 31.9. The van der Waals surface area contributed by atoms with Gasteiger partial charge in [-0.15, -0.1) is 0 Å². The molecule has 3 atom stereocenters. The van der Waals surface area contributed by atoms with E-state index in [4.69, 9.17) is 0 Å². The Labute approximate surface area is 242 Å². The van der Waals surface area contributed by atoms with Crippen LogP contribution in [-0.2, 0) is 4.79 Å². The molecule has 232 valence electrons. The molecule has 0 bridgehead atoms. The largest absolute Gasteiger partial charge is 0.394 e. The fourth-order valence-corrected chi connectivity index (χ4v) is 5.16. The van der Waals surface area contributed by atoms with Gasteiger partial charge in [-0.25, -0.2) is 0 Å². The fraction of sp³-hybridized carbons (Fsp3) is 0.912. The smallest absolute Gasteiger partial charge is 0.222 e. The third-order valence-electron chi connectivity index (χ3n) is 7.82. The Bertz CT molecular complexity index is 539. The number of aliphatic hydroxyl groups excluding tert-OH is 3. The number of aliphatic hydroxyl groups is 3. The molecule has 3 unspecified atom stereocenters. The van der Waals surface area contributed by atoms with E-state index in [1.54, 1.807) is 6.08 Å². The number of carbonyl (C=O) groups excluding carboxylic acids is 1. The minimum atomic E-state index is -0.921. The van der Waals surface area contributed by atoms with Crippen molar-refractivity contribution in [2.75, 3.05) is 6.61 Å². The number of amides is 1. The quantitative estimate of drug-likeness (QED) is 0.0530. The van der Waals surface area contributed by atoms with Crippen LogP contribution in [0.2, 0.25) is 0 Å². The van der Waals surface area contributed by atoms with Gasteiger partial charge in [-0.1, -0.05) is 161 Å². The van der Waals surface area contributed by atoms with Crippen molar-refractivity contribution in [3.05, 3.63) is 12.2 Å². The van der Waals surface area contributed by atoms with Gasteiger partial charge in [-0.2, -0.15) is 0 Å². The third-order valence-corrected chi connectivity index (χ3v) is 7.82. The van der Waals surface area contributed by atoms with Gasteiger partial charge in [0.2, 0.25) is 5.91 Å². The van der Waals surface area contributed by atoms with E-state index in [2.05, 4.69) is 19.2 Å². The second kappa shape index (κ2) is 30.1. The molecule has 0 aromatic rings. The van der Waals surface area contributed by atoms with Gasteiger partial charge in [0.1, 0.15) is 0 Å². The molecule has 0 aromatic carbocycles. The highest BCUT2D eigenvalue weighted by molar-refractivity contribution is 5.76. The predicted molar refractivity (Wildman–Crippen MR) is 167 cm³/mol. The first-order valence-corrected chi connectivity index (χ1v) is 17.0. The highest BCUT2D eigenvalue weighted by Crippen LogP contribution is 2.14. The van der Waals surface area contributed by atoms with Crippen molar-refractivity contribution in [2.45, 2.75) is 193 Å². The van der Waals surface area contributed by atoms with Crippen molar-refractivity contribution in [3.8, 4) is 0 Å². The van der Waals surface area contributed by atoms with Crippen LogP contribution >= 0.6 is 0 Å². The summed E-state index contributed by atoms with van der Waals surface area (Å²) in [6, 6.07) is -0.736. The van der Waals surface area contributed by atoms with E-state index in [1.165, 1.54) is 122 Å². The molecule has 4 N–H and O–H groups in total. The standard InChI is InChI=1S/C34H67NO4/c1-3-5-7-9-11-13-14-15-16-17-18-20-22-24-26-28-33(38)32(30-36)35-34(39)29-31(37)27-25-23-21-19-12-10-8-6-4-2/h26,28,31-33,36-38H,3-25,27,29-30H2,1-2H3,(H,35,39)/b28-26+. The maximum absolute atomic E-state index is 12.3. The number of allylic oxidation sites excluding steroid dienone is 1. The molecule has 0 saturated heterocycles. The zero-order chi connectivity index (χ0) is 28.8. The molecule has 5 heteroatoms. The number of carbonyl (C=O) groups is 1. The number of unbranched alkanes of at least 4 members (excludes halogenated alkanes) is 21. The maximum atomic E-state index is 12.3. The Hall–Kier alpha value is -0.910. The van der Waals surface area contributed by atoms with Crippen molar-refractivity contribution in [3.63, 3.8) is 0 Å². The monoisotopic (exact) mass is 554 g/mol. The van der Waals surface area contributed by atoms with Gasteiger partial charge in [0.05, 0.1) is 31.3 Å². The first-order chi connectivity index (χ1) is 19.0. The highest BCUT2D eigenvalue weighted by atomic mass is 16.3. The van der Waals surface area contributed by atoms with E-state index in [1.807, 2.05) is 6.08 Å². The van der Waals surface area contributed by atoms with Crippen LogP contribution in [-0.4, -0.2) is 46.1 Å². The van der Waals surface area contributed by atoms with E-state index in [9.17, 15) is 20.1 Å². The Morgan fingerprint density at radius 1 is 0.641 bits per heavy atom. The van der Waals surface area contributed by atoms with Gasteiger partial charge < -0.3 is 20.6 Å². The lowest BCUT2D eigenvalue weighted by Crippen LogP contribution is -2.45. The van der Waals surface area contributed by atoms with Crippen LogP contribution in [0.1, 0.15) is 174 Å². The van der Waals surface area contributed by atoms with E-state index in [0.717, 1.165) is 25.7 Å². The Kier molecular flexibility index (Phi) is 29.4. The van der Waals surface area contributed by atoms with Crippen LogP contribution in [0.25, 0.3) is 0 Å². The Morgan fingerprint density at radius 3 is 1.49 bits per heavy atom. The van der Waals surface area contributed by atoms with Gasteiger partial charge in [0.25, 0.3) is 0 Å². The number of hydrogen-bond acceptors (Lipinski definition) is 4. The number of hydrogen-bond donors (Lipinski definition) is 4. The Balaban J connectivity index is 3.76. The van der Waals surface area contributed by atoms with E-state index >= 15 is 0 Å². The molecule has 0 aliphatic carbocycles. The third kappa shape index (κ3) is 27.0. The van der Waals surface area contributed by atoms with Crippen molar-refractivity contribution in [2.24, 2.45) is 0 Å². The molecular weight excluding hydrogens is 486 g/mol. The topological polar surface area (TPSA) is 89.8 Å². The number of rotatable bonds is 30. The molecule has 0 fully saturated rings. The summed E-state index contributed by atoms with van der Waals surface area (Å²) in [7, 11) is 0. The van der Waals surface area contributed by atoms with Crippen molar-refractivity contribution < 1.29 is 20.1 Å². The van der Waals surface area contributed by atoms with E-state index < -0.39 is 18.2 Å². The van der Waals surface area contributed by atoms with Crippen LogP contribution in [0.15, 0.2) is 12.2 Å². The number of nitrogens with one attached hydrogen (secondary N) is 1. The van der Waals surface area contributed by atoms with Crippen LogP contribution < -0.4 is 5.32 Å². The average molecular weight is 554 g/mol. The molecule has 0 aliphatic rings. The lowest BCUT2D eigenvalue weighted by Gasteiger charge is -2.21. The lowest BCUT2D eigenvalue weighted by molar-refractivity contribution is -0.124. The second-order valence-electron chi connectivity index (χ2n) is 11.8. The summed E-state index contributed by atoms with van der Waals surface area (Å²) < 4.78 is 0. The fourth-order valence-electron chi connectivity index (χ4n) is 5.16. The molecule has 0 saturated carbocycles. The van der Waals surface area contributed by atoms with Gasteiger partial charge in [0, 0.05) is 0 Å². The van der Waals surface area contributed by atoms with Crippen LogP contribution in [0.5, 0.6) is 0 Å². The van der Waals surface area contributed by atoms with Crippen LogP contribution in [0, 0.1) is 0 Å². The van der Waals surface area contributed by atoms with Gasteiger partial charge in [-0.05, 0) is 19.3 Å². The molecule has 5 nitrogen and oxygen atoms in total. The summed E-state index contributed by atoms with van der Waals surface area (Å²) >= 11 is 0. The first kappa shape index (κ1) is 38.1. The maximum Gasteiger partial charge on any atom is 0.222 e. The summed E-state index contributed by atoms with van der Waals surface area (Å²) in [6.45, 7) is 4.17. The van der Waals surface area contributed by atoms with E-state index in [0.29, 0.717) is 6.42 Å². The van der Waals surface area contributed by atoms with Crippen LogP contribution in [0.3, 0.4) is 0 Å². The molecule has 0 aliphatic heterocycles. The molecule has 0 aromatic heterocycles. The molecule has 0 spiro atoms. The molecule has 0 rings (SSSR count). The van der Waals surface area contributed by atoms with Crippen molar-refractivity contribution >= 4 is 5.91 Å². The van der Waals surface area contributed by atoms with Crippen LogP contribution in [0.4, 0.5) is 0 Å². The highest BCUT2D eigenvalue weighted by Gasteiger charge is 2.20. The molecule has 1 amide bonds. The summed E-state index contributed by atoms with van der Waals surface area (Å²) in [5.74, 6) is -0.318. The zero-order valence-corrected chi connectivity index (χ0v) is 26.0. The van der Waals surface area contributed by atoms with Gasteiger partial charge in [-0.3, -0.25) is 4.79 Å². The minimum Gasteiger partial charge on any atom is -0.394 e. The lowest BCUT2D eigenvalue weighted by atomic mass is 10.0. The normalized spacial score (nSPS) is 14.1. The molecule has 0 heterocycles. The average Bonchev–Trinajstić information content (AvgIpc) is 2.92. The molecule has 0 radical (unpaired) electrons. The zero-order valence-electron chi connectivity index (χ0n) is 26.0. The van der Waals surface area contributed by atoms with Gasteiger partial charge >= 0.3 is 0 Å². The summed E-state index contributed by atoms with van der Waals surface area (Å²) in [4.78, 5) is 12.3. The van der Waals surface area contributed by atoms with Crippen molar-refractivity contribution in [1.82, 2.24) is 5.32 Å². The first-order valence-electron chi connectivity index (χ1n) is 17.0. The second-order valence-corrected chi connectivity index (χ2v) is 11.8. The summed E-state index contributed by atoms with van der Waals surface area (Å²) in [5.41, 5.74) is 0. The molecular formula is C34H67NO4. The van der Waals surface area contributed by atoms with Crippen molar-refractivity contribution in [1.29, 1.82) is 0 Å². The minimum absolute atomic E-state index is 0.0168. The predicted octanol–water partition coefficient (Wildman–Crippen LogP) is 8.53. The van der Waals surface area contributed by atoms with Gasteiger partial charge in [0.15, 0.2) is 0 Å². The van der Waals surface area contributed by atoms with E-state index in [-0.39, 0.29) is 18.9 Å².